The molecule has 0 fully saturated rings. The van der Waals surface area contributed by atoms with Crippen molar-refractivity contribution in [2.24, 2.45) is 5.73 Å². The minimum Gasteiger partial charge on any atom is -0.468 e. The van der Waals surface area contributed by atoms with Crippen LogP contribution in [0.3, 0.4) is 0 Å². The van der Waals surface area contributed by atoms with Crippen molar-refractivity contribution in [2.45, 2.75) is 25.8 Å². The molecule has 0 heterocycles. The Labute approximate surface area is 78.0 Å². The Morgan fingerprint density at radius 2 is 2.25 bits per heavy atom. The summed E-state index contributed by atoms with van der Waals surface area (Å²) in [6, 6.07) is 0. The highest BCUT2D eigenvalue weighted by molar-refractivity contribution is 7.99. The van der Waals surface area contributed by atoms with Crippen LogP contribution in [0.2, 0.25) is 0 Å². The van der Waals surface area contributed by atoms with Crippen molar-refractivity contribution in [3.8, 4) is 0 Å². The Hall–Kier alpha value is -0.220. The number of nitrogens with two attached hydrogens (primary N) is 1. The number of hydrogen-bond acceptors (Lipinski definition) is 4. The first kappa shape index (κ1) is 11.8. The quantitative estimate of drug-likeness (QED) is 0.520. The normalized spacial score (nSPS) is 15.3. The monoisotopic (exact) mass is 191 g/mol. The third kappa shape index (κ3) is 3.97. The molecule has 0 aliphatic carbocycles. The van der Waals surface area contributed by atoms with Gasteiger partial charge < -0.3 is 10.5 Å². The predicted octanol–water partition coefficient (Wildman–Crippen LogP) is 1.02. The molecule has 0 saturated carbocycles. The van der Waals surface area contributed by atoms with Crippen molar-refractivity contribution < 1.29 is 9.53 Å². The fourth-order valence-corrected chi connectivity index (χ4v) is 1.62. The van der Waals surface area contributed by atoms with Gasteiger partial charge in [-0.15, -0.1) is 0 Å². The zero-order valence-corrected chi connectivity index (χ0v) is 8.74. The van der Waals surface area contributed by atoms with Crippen molar-refractivity contribution in [3.63, 3.8) is 0 Å². The molecular weight excluding hydrogens is 174 g/mol. The third-order valence-electron chi connectivity index (χ3n) is 1.62. The number of hydrogen-bond donors (Lipinski definition) is 1. The first-order valence-corrected chi connectivity index (χ1v) is 5.15. The van der Waals surface area contributed by atoms with Gasteiger partial charge >= 0.3 is 5.97 Å². The van der Waals surface area contributed by atoms with Gasteiger partial charge in [0.15, 0.2) is 0 Å². The molecular formula is C8H17NO2S. The maximum Gasteiger partial charge on any atom is 0.325 e. The van der Waals surface area contributed by atoms with Gasteiger partial charge in [-0.3, -0.25) is 4.79 Å². The maximum absolute atomic E-state index is 11.1. The molecule has 2 N–H and O–H groups in total. The van der Waals surface area contributed by atoms with Gasteiger partial charge in [-0.05, 0) is 24.9 Å². The Morgan fingerprint density at radius 1 is 1.67 bits per heavy atom. The highest BCUT2D eigenvalue weighted by atomic mass is 32.2. The lowest BCUT2D eigenvalue weighted by Crippen LogP contribution is -2.46. The van der Waals surface area contributed by atoms with Gasteiger partial charge in [0.1, 0.15) is 5.54 Å². The molecule has 0 bridgehead atoms. The number of carbonyl (C=O) groups is 1. The van der Waals surface area contributed by atoms with Crippen LogP contribution in [-0.4, -0.2) is 30.1 Å². The highest BCUT2D eigenvalue weighted by Crippen LogP contribution is 2.12. The molecule has 1 atom stereocenters. The molecule has 0 spiro atoms. The van der Waals surface area contributed by atoms with Gasteiger partial charge in [0.2, 0.25) is 0 Å². The van der Waals surface area contributed by atoms with E-state index >= 15 is 0 Å². The van der Waals surface area contributed by atoms with E-state index in [-0.39, 0.29) is 5.97 Å². The molecule has 72 valence electrons. The van der Waals surface area contributed by atoms with Gasteiger partial charge in [-0.1, -0.05) is 6.92 Å². The van der Waals surface area contributed by atoms with Crippen molar-refractivity contribution >= 4 is 17.7 Å². The van der Waals surface area contributed by atoms with E-state index in [2.05, 4.69) is 11.7 Å². The molecule has 0 aliphatic rings. The molecule has 12 heavy (non-hydrogen) atoms. The number of methoxy groups -OCH3 is 1. The lowest BCUT2D eigenvalue weighted by molar-refractivity contribution is -0.146. The molecule has 0 aromatic heterocycles. The molecule has 3 nitrogen and oxygen atoms in total. The van der Waals surface area contributed by atoms with Gasteiger partial charge in [-0.25, -0.2) is 0 Å². The van der Waals surface area contributed by atoms with E-state index in [1.165, 1.54) is 7.11 Å². The summed E-state index contributed by atoms with van der Waals surface area (Å²) >= 11 is 1.78. The second kappa shape index (κ2) is 5.43. The van der Waals surface area contributed by atoms with Crippen LogP contribution in [0.25, 0.3) is 0 Å². The topological polar surface area (TPSA) is 52.3 Å². The average Bonchev–Trinajstić information content (AvgIpc) is 2.03. The van der Waals surface area contributed by atoms with Crippen LogP contribution in [0, 0.1) is 0 Å². The molecule has 1 unspecified atom stereocenters. The Balaban J connectivity index is 3.78. The maximum atomic E-state index is 11.1. The van der Waals surface area contributed by atoms with Crippen LogP contribution in [0.5, 0.6) is 0 Å². The number of thioether (sulfide) groups is 1. The molecule has 4 heteroatoms. The fraction of sp³-hybridized carbons (Fsp3) is 0.875. The summed E-state index contributed by atoms with van der Waals surface area (Å²) in [5, 5.41) is 0. The minimum atomic E-state index is -0.822. The molecule has 0 aromatic rings. The lowest BCUT2D eigenvalue weighted by Gasteiger charge is -2.20. The van der Waals surface area contributed by atoms with Crippen LogP contribution in [-0.2, 0) is 9.53 Å². The second-order valence-electron chi connectivity index (χ2n) is 2.86. The zero-order chi connectivity index (χ0) is 9.61. The van der Waals surface area contributed by atoms with Crippen molar-refractivity contribution in [1.29, 1.82) is 0 Å². The summed E-state index contributed by atoms with van der Waals surface area (Å²) in [4.78, 5) is 11.1. The van der Waals surface area contributed by atoms with Gasteiger partial charge in [-0.2, -0.15) is 11.8 Å². The van der Waals surface area contributed by atoms with Crippen LogP contribution < -0.4 is 5.73 Å². The van der Waals surface area contributed by atoms with Crippen LogP contribution in [0.15, 0.2) is 0 Å². The number of rotatable bonds is 5. The summed E-state index contributed by atoms with van der Waals surface area (Å²) < 4.78 is 4.57. The summed E-state index contributed by atoms with van der Waals surface area (Å²) in [5.74, 6) is 1.62. The molecule has 0 aliphatic heterocycles. The first-order valence-electron chi connectivity index (χ1n) is 3.99. The van der Waals surface area contributed by atoms with E-state index in [1.807, 2.05) is 0 Å². The summed E-state index contributed by atoms with van der Waals surface area (Å²) in [6.07, 6.45) is 0.665. The van der Waals surface area contributed by atoms with Crippen molar-refractivity contribution in [2.75, 3.05) is 18.6 Å². The zero-order valence-electron chi connectivity index (χ0n) is 7.92. The van der Waals surface area contributed by atoms with Crippen LogP contribution in [0.1, 0.15) is 20.3 Å². The number of esters is 1. The van der Waals surface area contributed by atoms with Gasteiger partial charge in [0.25, 0.3) is 0 Å². The van der Waals surface area contributed by atoms with E-state index in [0.29, 0.717) is 6.42 Å². The Bertz CT molecular complexity index is 148. The first-order chi connectivity index (χ1) is 5.54. The summed E-state index contributed by atoms with van der Waals surface area (Å²) in [5.41, 5.74) is 4.90. The van der Waals surface area contributed by atoms with E-state index in [1.54, 1.807) is 18.7 Å². The number of ether oxygens (including phenoxy) is 1. The van der Waals surface area contributed by atoms with E-state index in [9.17, 15) is 4.79 Å². The second-order valence-corrected chi connectivity index (χ2v) is 4.25. The summed E-state index contributed by atoms with van der Waals surface area (Å²) in [6.45, 7) is 3.78. The molecule has 0 saturated heterocycles. The largest absolute Gasteiger partial charge is 0.468 e. The average molecular weight is 191 g/mol. The third-order valence-corrected chi connectivity index (χ3v) is 2.52. The molecule has 0 rings (SSSR count). The van der Waals surface area contributed by atoms with E-state index in [0.717, 1.165) is 11.5 Å². The summed E-state index contributed by atoms with van der Waals surface area (Å²) in [7, 11) is 1.36. The fourth-order valence-electron chi connectivity index (χ4n) is 0.764. The predicted molar refractivity (Wildman–Crippen MR) is 52.2 cm³/mol. The Kier molecular flexibility index (Phi) is 5.33. The molecule has 0 aromatic carbocycles. The minimum absolute atomic E-state index is 0.334. The Morgan fingerprint density at radius 3 is 2.67 bits per heavy atom. The lowest BCUT2D eigenvalue weighted by atomic mass is 10.0. The highest BCUT2D eigenvalue weighted by Gasteiger charge is 2.28. The van der Waals surface area contributed by atoms with Crippen molar-refractivity contribution in [3.05, 3.63) is 0 Å². The van der Waals surface area contributed by atoms with Crippen LogP contribution in [0.4, 0.5) is 0 Å². The van der Waals surface area contributed by atoms with E-state index in [4.69, 9.17) is 5.73 Å². The smallest absolute Gasteiger partial charge is 0.325 e. The number of carbonyl (C=O) groups excluding carboxylic acids is 1. The standard InChI is InChI=1S/C8H17NO2S/c1-4-12-6-5-8(2,9)7(10)11-3/h4-6,9H2,1-3H3. The van der Waals surface area contributed by atoms with Crippen LogP contribution >= 0.6 is 11.8 Å². The molecule has 0 radical (unpaired) electrons. The van der Waals surface area contributed by atoms with Gasteiger partial charge in [0, 0.05) is 0 Å². The van der Waals surface area contributed by atoms with Gasteiger partial charge in [0.05, 0.1) is 7.11 Å². The SMILES string of the molecule is CCSCCC(C)(N)C(=O)OC. The van der Waals surface area contributed by atoms with Crippen molar-refractivity contribution in [1.82, 2.24) is 0 Å². The molecule has 0 amide bonds. The van der Waals surface area contributed by atoms with E-state index < -0.39 is 5.54 Å².